The predicted octanol–water partition coefficient (Wildman–Crippen LogP) is 4.08. The van der Waals surface area contributed by atoms with Crippen LogP contribution in [0.5, 0.6) is 5.75 Å². The zero-order valence-corrected chi connectivity index (χ0v) is 14.5. The van der Waals surface area contributed by atoms with E-state index in [1.807, 2.05) is 56.3 Å². The van der Waals surface area contributed by atoms with Crippen molar-refractivity contribution < 1.29 is 9.53 Å². The summed E-state index contributed by atoms with van der Waals surface area (Å²) in [5, 5.41) is 7.05. The molecule has 0 atom stereocenters. The van der Waals surface area contributed by atoms with E-state index in [0.29, 0.717) is 10.6 Å². The molecule has 3 aromatic rings. The van der Waals surface area contributed by atoms with Crippen molar-refractivity contribution in [3.63, 3.8) is 0 Å². The summed E-state index contributed by atoms with van der Waals surface area (Å²) in [5.74, 6) is 0.547. The molecule has 0 spiro atoms. The minimum Gasteiger partial charge on any atom is -0.497 e. The van der Waals surface area contributed by atoms with Crippen LogP contribution < -0.4 is 10.1 Å². The molecule has 1 heterocycles. The van der Waals surface area contributed by atoms with Gasteiger partial charge in [0.15, 0.2) is 0 Å². The number of ether oxygens (including phenoxy) is 1. The van der Waals surface area contributed by atoms with Crippen LogP contribution in [0.2, 0.25) is 0 Å². The molecule has 0 saturated carbocycles. The quantitative estimate of drug-likeness (QED) is 0.778. The molecule has 0 radical (unpaired) electrons. The van der Waals surface area contributed by atoms with Gasteiger partial charge in [-0.25, -0.2) is 0 Å². The molecule has 0 saturated heterocycles. The Morgan fingerprint density at radius 2 is 1.88 bits per heavy atom. The minimum atomic E-state index is -0.206. The lowest BCUT2D eigenvalue weighted by atomic mass is 10.1. The van der Waals surface area contributed by atoms with Crippen molar-refractivity contribution in [3.05, 3.63) is 58.5 Å². The molecule has 6 heteroatoms. The van der Waals surface area contributed by atoms with Crippen molar-refractivity contribution in [1.82, 2.24) is 9.59 Å². The number of rotatable bonds is 4. The Bertz CT molecular complexity index is 872. The summed E-state index contributed by atoms with van der Waals surface area (Å²) in [6, 6.07) is 13.3. The number of methoxy groups -OCH3 is 1. The summed E-state index contributed by atoms with van der Waals surface area (Å²) in [4.78, 5) is 13.1. The minimum absolute atomic E-state index is 0.206. The van der Waals surface area contributed by atoms with Crippen molar-refractivity contribution in [1.29, 1.82) is 0 Å². The van der Waals surface area contributed by atoms with Crippen molar-refractivity contribution >= 4 is 23.1 Å². The molecule has 0 bridgehead atoms. The van der Waals surface area contributed by atoms with Crippen molar-refractivity contribution in [2.45, 2.75) is 13.8 Å². The molecule has 5 nitrogen and oxygen atoms in total. The fourth-order valence-electron chi connectivity index (χ4n) is 2.41. The SMILES string of the molecule is COc1ccc(-c2nnsc2C(=O)Nc2ccc(C)cc2C)cc1. The molecule has 0 aliphatic rings. The lowest BCUT2D eigenvalue weighted by Gasteiger charge is -2.09. The average Bonchev–Trinajstić information content (AvgIpc) is 3.07. The van der Waals surface area contributed by atoms with E-state index in [9.17, 15) is 4.79 Å². The first-order valence-electron chi connectivity index (χ1n) is 7.44. The molecule has 2 aromatic carbocycles. The first kappa shape index (κ1) is 16.1. The average molecular weight is 339 g/mol. The van der Waals surface area contributed by atoms with Gasteiger partial charge in [0.1, 0.15) is 16.3 Å². The van der Waals surface area contributed by atoms with Gasteiger partial charge >= 0.3 is 0 Å². The number of anilines is 1. The summed E-state index contributed by atoms with van der Waals surface area (Å²) < 4.78 is 9.09. The van der Waals surface area contributed by atoms with E-state index in [1.165, 1.54) is 0 Å². The first-order chi connectivity index (χ1) is 11.6. The van der Waals surface area contributed by atoms with E-state index in [1.54, 1.807) is 7.11 Å². The number of carbonyl (C=O) groups is 1. The Morgan fingerprint density at radius 3 is 2.54 bits per heavy atom. The summed E-state index contributed by atoms with van der Waals surface area (Å²) in [7, 11) is 1.61. The zero-order valence-electron chi connectivity index (χ0n) is 13.7. The van der Waals surface area contributed by atoms with Crippen LogP contribution in [0.1, 0.15) is 20.8 Å². The molecule has 1 amide bonds. The molecule has 24 heavy (non-hydrogen) atoms. The van der Waals surface area contributed by atoms with Gasteiger partial charge in [-0.1, -0.05) is 22.2 Å². The molecule has 0 aliphatic carbocycles. The van der Waals surface area contributed by atoms with Gasteiger partial charge in [0, 0.05) is 11.3 Å². The summed E-state index contributed by atoms with van der Waals surface area (Å²) in [5.41, 5.74) is 4.37. The molecule has 0 fully saturated rings. The van der Waals surface area contributed by atoms with Crippen molar-refractivity contribution in [2.75, 3.05) is 12.4 Å². The van der Waals surface area contributed by atoms with Crippen molar-refractivity contribution in [3.8, 4) is 17.0 Å². The van der Waals surface area contributed by atoms with E-state index in [4.69, 9.17) is 4.74 Å². The van der Waals surface area contributed by atoms with Crippen LogP contribution in [0, 0.1) is 13.8 Å². The van der Waals surface area contributed by atoms with Gasteiger partial charge in [0.25, 0.3) is 5.91 Å². The Morgan fingerprint density at radius 1 is 1.12 bits per heavy atom. The Hall–Kier alpha value is -2.73. The highest BCUT2D eigenvalue weighted by Gasteiger charge is 2.18. The van der Waals surface area contributed by atoms with E-state index >= 15 is 0 Å². The summed E-state index contributed by atoms with van der Waals surface area (Å²) in [6.45, 7) is 3.99. The zero-order chi connectivity index (χ0) is 17.1. The highest BCUT2D eigenvalue weighted by atomic mass is 32.1. The topological polar surface area (TPSA) is 64.1 Å². The van der Waals surface area contributed by atoms with E-state index in [0.717, 1.165) is 39.7 Å². The Balaban J connectivity index is 1.87. The largest absolute Gasteiger partial charge is 0.497 e. The van der Waals surface area contributed by atoms with Crippen LogP contribution in [-0.4, -0.2) is 22.6 Å². The van der Waals surface area contributed by atoms with Gasteiger partial charge in [0.05, 0.1) is 7.11 Å². The van der Waals surface area contributed by atoms with Crippen LogP contribution in [0.25, 0.3) is 11.3 Å². The van der Waals surface area contributed by atoms with Crippen LogP contribution >= 0.6 is 11.5 Å². The lowest BCUT2D eigenvalue weighted by molar-refractivity contribution is 0.103. The van der Waals surface area contributed by atoms with Crippen molar-refractivity contribution in [2.24, 2.45) is 0 Å². The maximum atomic E-state index is 12.6. The van der Waals surface area contributed by atoms with E-state index in [-0.39, 0.29) is 5.91 Å². The lowest BCUT2D eigenvalue weighted by Crippen LogP contribution is -2.12. The second-order valence-electron chi connectivity index (χ2n) is 5.45. The molecule has 0 unspecified atom stereocenters. The van der Waals surface area contributed by atoms with E-state index in [2.05, 4.69) is 14.9 Å². The standard InChI is InChI=1S/C18H17N3O2S/c1-11-4-9-15(12(2)10-11)19-18(22)17-16(20-21-24-17)13-5-7-14(23-3)8-6-13/h4-10H,1-3H3,(H,19,22). The highest BCUT2D eigenvalue weighted by molar-refractivity contribution is 7.08. The molecule has 3 rings (SSSR count). The highest BCUT2D eigenvalue weighted by Crippen LogP contribution is 2.27. The second-order valence-corrected chi connectivity index (χ2v) is 6.21. The van der Waals surface area contributed by atoms with Crippen LogP contribution in [0.4, 0.5) is 5.69 Å². The number of benzene rings is 2. The first-order valence-corrected chi connectivity index (χ1v) is 8.21. The number of nitrogens with one attached hydrogen (secondary N) is 1. The summed E-state index contributed by atoms with van der Waals surface area (Å²) >= 11 is 1.09. The van der Waals surface area contributed by atoms with Crippen LogP contribution in [-0.2, 0) is 0 Å². The molecule has 0 aliphatic heterocycles. The van der Waals surface area contributed by atoms with Gasteiger partial charge in [-0.15, -0.1) is 5.10 Å². The summed E-state index contributed by atoms with van der Waals surface area (Å²) in [6.07, 6.45) is 0. The normalized spacial score (nSPS) is 10.5. The smallest absolute Gasteiger partial charge is 0.269 e. The fraction of sp³-hybridized carbons (Fsp3) is 0.167. The number of carbonyl (C=O) groups excluding carboxylic acids is 1. The second kappa shape index (κ2) is 6.80. The number of amides is 1. The van der Waals surface area contributed by atoms with Gasteiger partial charge in [-0.2, -0.15) is 0 Å². The fourth-order valence-corrected chi connectivity index (χ4v) is 2.99. The molecule has 1 aromatic heterocycles. The van der Waals surface area contributed by atoms with Gasteiger partial charge in [-0.3, -0.25) is 4.79 Å². The number of aromatic nitrogens is 2. The van der Waals surface area contributed by atoms with Crippen LogP contribution in [0.3, 0.4) is 0 Å². The number of hydrogen-bond acceptors (Lipinski definition) is 5. The van der Waals surface area contributed by atoms with Crippen LogP contribution in [0.15, 0.2) is 42.5 Å². The monoisotopic (exact) mass is 339 g/mol. The third kappa shape index (κ3) is 3.28. The van der Waals surface area contributed by atoms with E-state index < -0.39 is 0 Å². The number of hydrogen-bond donors (Lipinski definition) is 1. The van der Waals surface area contributed by atoms with Gasteiger partial charge in [-0.05, 0) is 61.3 Å². The molecular formula is C18H17N3O2S. The maximum Gasteiger partial charge on any atom is 0.269 e. The Kier molecular flexibility index (Phi) is 4.57. The van der Waals surface area contributed by atoms with Gasteiger partial charge < -0.3 is 10.1 Å². The predicted molar refractivity (Wildman–Crippen MR) is 95.8 cm³/mol. The van der Waals surface area contributed by atoms with Gasteiger partial charge in [0.2, 0.25) is 0 Å². The Labute approximate surface area is 144 Å². The molecule has 1 N–H and O–H groups in total. The molecule has 122 valence electrons. The maximum absolute atomic E-state index is 12.6. The number of aryl methyl sites for hydroxylation is 2. The third-order valence-corrected chi connectivity index (χ3v) is 4.41. The molecular weight excluding hydrogens is 322 g/mol. The number of nitrogens with zero attached hydrogens (tertiary/aromatic N) is 2. The third-order valence-electron chi connectivity index (χ3n) is 3.69.